The third-order valence-corrected chi connectivity index (χ3v) is 5.20. The summed E-state index contributed by atoms with van der Waals surface area (Å²) in [6.45, 7) is 4.36. The van der Waals surface area contributed by atoms with Crippen molar-refractivity contribution in [2.24, 2.45) is 0 Å². The van der Waals surface area contributed by atoms with Crippen LogP contribution in [0.2, 0.25) is 0 Å². The number of H-pyrrole nitrogens is 1. The molecule has 2 heterocycles. The zero-order chi connectivity index (χ0) is 19.8. The largest absolute Gasteiger partial charge is 0.361 e. The molecule has 1 unspecified atom stereocenters. The number of hydrogen-bond donors (Lipinski definition) is 2. The van der Waals surface area contributed by atoms with Gasteiger partial charge in [0.1, 0.15) is 5.82 Å². The number of benzene rings is 2. The number of anilines is 1. The van der Waals surface area contributed by atoms with Gasteiger partial charge in [-0.25, -0.2) is 9.29 Å². The van der Waals surface area contributed by atoms with Gasteiger partial charge in [0.05, 0.1) is 18.2 Å². The number of hydrogen-bond acceptors (Lipinski definition) is 3. The summed E-state index contributed by atoms with van der Waals surface area (Å²) in [7, 11) is 0. The molecule has 28 heavy (non-hydrogen) atoms. The minimum atomic E-state index is -0.625. The number of carbonyl (C=O) groups excluding carboxylic acids is 2. The number of aromatic nitrogens is 1. The molecular weight excluding hydrogens is 357 g/mol. The fourth-order valence-corrected chi connectivity index (χ4v) is 3.72. The molecule has 0 saturated carbocycles. The number of fused-ring (bicyclic) bond motifs is 1. The van der Waals surface area contributed by atoms with E-state index in [2.05, 4.69) is 35.4 Å². The van der Waals surface area contributed by atoms with Crippen molar-refractivity contribution in [1.29, 1.82) is 0 Å². The van der Waals surface area contributed by atoms with Crippen LogP contribution in [0.3, 0.4) is 0 Å². The van der Waals surface area contributed by atoms with Crippen molar-refractivity contribution in [3.05, 3.63) is 65.1 Å². The number of imide groups is 1. The van der Waals surface area contributed by atoms with E-state index >= 15 is 0 Å². The van der Waals surface area contributed by atoms with Crippen LogP contribution in [-0.4, -0.2) is 29.4 Å². The molecule has 1 aliphatic rings. The highest BCUT2D eigenvalue weighted by Crippen LogP contribution is 2.26. The molecule has 5 nitrogen and oxygen atoms in total. The lowest BCUT2D eigenvalue weighted by Gasteiger charge is -2.16. The van der Waals surface area contributed by atoms with E-state index in [0.29, 0.717) is 6.54 Å². The summed E-state index contributed by atoms with van der Waals surface area (Å²) < 4.78 is 14.2. The van der Waals surface area contributed by atoms with Crippen molar-refractivity contribution in [2.75, 3.05) is 11.4 Å². The van der Waals surface area contributed by atoms with Gasteiger partial charge in [-0.2, -0.15) is 0 Å². The van der Waals surface area contributed by atoms with Crippen LogP contribution in [0.4, 0.5) is 10.1 Å². The van der Waals surface area contributed by atoms with E-state index in [-0.39, 0.29) is 18.0 Å². The fraction of sp³-hybridized carbons (Fsp3) is 0.273. The first-order valence-corrected chi connectivity index (χ1v) is 9.37. The highest BCUT2D eigenvalue weighted by molar-refractivity contribution is 6.22. The summed E-state index contributed by atoms with van der Waals surface area (Å²) >= 11 is 0. The van der Waals surface area contributed by atoms with Gasteiger partial charge in [-0.05, 0) is 55.7 Å². The smallest absolute Gasteiger partial charge is 0.251 e. The van der Waals surface area contributed by atoms with Crippen LogP contribution in [0.1, 0.15) is 23.1 Å². The summed E-state index contributed by atoms with van der Waals surface area (Å²) in [6, 6.07) is 10.1. The van der Waals surface area contributed by atoms with Crippen molar-refractivity contribution in [3.63, 3.8) is 0 Å². The Kier molecular flexibility index (Phi) is 4.73. The average molecular weight is 379 g/mol. The zero-order valence-electron chi connectivity index (χ0n) is 15.9. The zero-order valence-corrected chi connectivity index (χ0v) is 15.9. The lowest BCUT2D eigenvalue weighted by molar-refractivity contribution is -0.121. The molecule has 0 radical (unpaired) electrons. The predicted octanol–water partition coefficient (Wildman–Crippen LogP) is 3.39. The van der Waals surface area contributed by atoms with Gasteiger partial charge in [0.25, 0.3) is 5.91 Å². The molecule has 0 aliphatic carbocycles. The van der Waals surface area contributed by atoms with E-state index < -0.39 is 17.8 Å². The molecule has 1 atom stereocenters. The average Bonchev–Trinajstić information content (AvgIpc) is 3.16. The first-order chi connectivity index (χ1) is 13.4. The van der Waals surface area contributed by atoms with Crippen LogP contribution in [0.15, 0.2) is 42.6 Å². The molecule has 1 fully saturated rings. The van der Waals surface area contributed by atoms with Gasteiger partial charge in [0, 0.05) is 23.6 Å². The molecule has 144 valence electrons. The standard InChI is InChI=1S/C22H22FN3O2/c1-13-3-5-18-16(9-13)15(12-25-18)7-8-24-19-11-21(27)26(22(19)28)20-6-4-14(2)10-17(20)23/h3-6,9-10,12,19,24-25H,7-8,11H2,1-2H3. The number of amides is 2. The van der Waals surface area contributed by atoms with E-state index in [0.717, 1.165) is 28.0 Å². The van der Waals surface area contributed by atoms with Crippen molar-refractivity contribution in [3.8, 4) is 0 Å². The Labute approximate surface area is 162 Å². The van der Waals surface area contributed by atoms with Crippen LogP contribution < -0.4 is 10.2 Å². The molecule has 0 spiro atoms. The van der Waals surface area contributed by atoms with Gasteiger partial charge < -0.3 is 10.3 Å². The molecule has 1 aromatic heterocycles. The van der Waals surface area contributed by atoms with Crippen molar-refractivity contribution in [2.45, 2.75) is 32.7 Å². The van der Waals surface area contributed by atoms with E-state index in [1.807, 2.05) is 6.20 Å². The molecule has 3 aromatic rings. The van der Waals surface area contributed by atoms with Gasteiger partial charge >= 0.3 is 0 Å². The normalized spacial score (nSPS) is 17.1. The maximum absolute atomic E-state index is 14.2. The van der Waals surface area contributed by atoms with E-state index in [9.17, 15) is 14.0 Å². The first-order valence-electron chi connectivity index (χ1n) is 9.37. The second-order valence-corrected chi connectivity index (χ2v) is 7.35. The number of halogens is 1. The maximum Gasteiger partial charge on any atom is 0.251 e. The fourth-order valence-electron chi connectivity index (χ4n) is 3.72. The summed E-state index contributed by atoms with van der Waals surface area (Å²) in [5.74, 6) is -1.34. The second kappa shape index (κ2) is 7.20. The summed E-state index contributed by atoms with van der Waals surface area (Å²) in [5, 5.41) is 4.33. The summed E-state index contributed by atoms with van der Waals surface area (Å²) in [6.07, 6.45) is 2.74. The molecule has 1 saturated heterocycles. The van der Waals surface area contributed by atoms with Crippen molar-refractivity contribution >= 4 is 28.4 Å². The van der Waals surface area contributed by atoms with Crippen molar-refractivity contribution in [1.82, 2.24) is 10.3 Å². The second-order valence-electron chi connectivity index (χ2n) is 7.35. The third kappa shape index (κ3) is 3.31. The maximum atomic E-state index is 14.2. The Morgan fingerprint density at radius 1 is 1.14 bits per heavy atom. The molecule has 2 N–H and O–H groups in total. The van der Waals surface area contributed by atoms with Gasteiger partial charge in [-0.1, -0.05) is 17.7 Å². The molecular formula is C22H22FN3O2. The quantitative estimate of drug-likeness (QED) is 0.668. The van der Waals surface area contributed by atoms with E-state index in [1.54, 1.807) is 13.0 Å². The van der Waals surface area contributed by atoms with Gasteiger partial charge in [0.15, 0.2) is 0 Å². The Morgan fingerprint density at radius 2 is 1.89 bits per heavy atom. The lowest BCUT2D eigenvalue weighted by Crippen LogP contribution is -2.39. The van der Waals surface area contributed by atoms with Crippen LogP contribution in [0.5, 0.6) is 0 Å². The number of carbonyl (C=O) groups is 2. The Balaban J connectivity index is 1.43. The third-order valence-electron chi connectivity index (χ3n) is 5.20. The van der Waals surface area contributed by atoms with Crippen LogP contribution >= 0.6 is 0 Å². The van der Waals surface area contributed by atoms with Gasteiger partial charge in [-0.15, -0.1) is 0 Å². The Morgan fingerprint density at radius 3 is 2.68 bits per heavy atom. The molecule has 6 heteroatoms. The number of nitrogens with zero attached hydrogens (tertiary/aromatic N) is 1. The van der Waals surface area contributed by atoms with Crippen LogP contribution in [-0.2, 0) is 16.0 Å². The minimum absolute atomic E-state index is 0.0250. The highest BCUT2D eigenvalue weighted by atomic mass is 19.1. The predicted molar refractivity (Wildman–Crippen MR) is 107 cm³/mol. The molecule has 4 rings (SSSR count). The Hall–Kier alpha value is -2.99. The summed E-state index contributed by atoms with van der Waals surface area (Å²) in [5.41, 5.74) is 4.19. The monoisotopic (exact) mass is 379 g/mol. The lowest BCUT2D eigenvalue weighted by atomic mass is 10.1. The molecule has 1 aliphatic heterocycles. The van der Waals surface area contributed by atoms with Gasteiger partial charge in [-0.3, -0.25) is 9.59 Å². The van der Waals surface area contributed by atoms with Gasteiger partial charge in [0.2, 0.25) is 5.91 Å². The number of nitrogens with one attached hydrogen (secondary N) is 2. The summed E-state index contributed by atoms with van der Waals surface area (Å²) in [4.78, 5) is 29.2. The van der Waals surface area contributed by atoms with E-state index in [4.69, 9.17) is 0 Å². The molecule has 2 amide bonds. The Bertz CT molecular complexity index is 1070. The van der Waals surface area contributed by atoms with Crippen molar-refractivity contribution < 1.29 is 14.0 Å². The topological polar surface area (TPSA) is 65.2 Å². The SMILES string of the molecule is Cc1ccc(N2C(=O)CC(NCCc3c[nH]c4ccc(C)cc34)C2=O)c(F)c1. The highest BCUT2D eigenvalue weighted by Gasteiger charge is 2.40. The number of aryl methyl sites for hydroxylation is 2. The number of rotatable bonds is 5. The minimum Gasteiger partial charge on any atom is -0.361 e. The van der Waals surface area contributed by atoms with Crippen LogP contribution in [0.25, 0.3) is 10.9 Å². The molecule has 2 aromatic carbocycles. The van der Waals surface area contributed by atoms with E-state index in [1.165, 1.54) is 23.1 Å². The first kappa shape index (κ1) is 18.4. The molecule has 0 bridgehead atoms. The van der Waals surface area contributed by atoms with Crippen LogP contribution in [0, 0.1) is 19.7 Å². The number of aromatic amines is 1.